The quantitative estimate of drug-likeness (QED) is 0.871. The summed E-state index contributed by atoms with van der Waals surface area (Å²) in [4.78, 5) is 11.3. The molecule has 2 aromatic rings. The van der Waals surface area contributed by atoms with Crippen molar-refractivity contribution in [3.63, 3.8) is 0 Å². The number of nitrogens with zero attached hydrogens (tertiary/aromatic N) is 4. The summed E-state index contributed by atoms with van der Waals surface area (Å²) < 4.78 is 2.29. The summed E-state index contributed by atoms with van der Waals surface area (Å²) in [5, 5.41) is 3.38. The molecular weight excluding hydrogens is 226 g/mol. The van der Waals surface area contributed by atoms with Gasteiger partial charge in [-0.05, 0) is 13.0 Å². The number of hydrogen-bond donors (Lipinski definition) is 1. The molecule has 0 unspecified atom stereocenters. The number of rotatable bonds is 3. The first-order valence-electron chi connectivity index (χ1n) is 6.60. The lowest BCUT2D eigenvalue weighted by Crippen LogP contribution is -2.43. The third kappa shape index (κ3) is 2.11. The monoisotopic (exact) mass is 245 g/mol. The smallest absolute Gasteiger partial charge is 0.124 e. The van der Waals surface area contributed by atoms with Crippen LogP contribution in [0.2, 0.25) is 0 Å². The highest BCUT2D eigenvalue weighted by atomic mass is 15.2. The van der Waals surface area contributed by atoms with Crippen molar-refractivity contribution in [2.45, 2.75) is 20.0 Å². The highest BCUT2D eigenvalue weighted by molar-refractivity contribution is 5.74. The Hall–Kier alpha value is -1.46. The van der Waals surface area contributed by atoms with Gasteiger partial charge in [0.1, 0.15) is 11.3 Å². The molecule has 1 N–H and O–H groups in total. The van der Waals surface area contributed by atoms with Gasteiger partial charge in [-0.2, -0.15) is 0 Å². The summed E-state index contributed by atoms with van der Waals surface area (Å²) in [6.07, 6.45) is 3.69. The predicted octanol–water partition coefficient (Wildman–Crippen LogP) is 0.856. The Kier molecular flexibility index (Phi) is 3.25. The van der Waals surface area contributed by atoms with Crippen LogP contribution in [0.4, 0.5) is 0 Å². The van der Waals surface area contributed by atoms with Gasteiger partial charge < -0.3 is 9.88 Å². The Labute approximate surface area is 107 Å². The van der Waals surface area contributed by atoms with Gasteiger partial charge in [0.05, 0.1) is 18.3 Å². The Morgan fingerprint density at radius 2 is 2.17 bits per heavy atom. The zero-order valence-electron chi connectivity index (χ0n) is 10.8. The minimum atomic E-state index is 0.935. The highest BCUT2D eigenvalue weighted by Gasteiger charge is 2.15. The van der Waals surface area contributed by atoms with Crippen molar-refractivity contribution in [2.75, 3.05) is 26.2 Å². The molecule has 1 aliphatic heterocycles. The number of pyridine rings is 1. The molecule has 2 aromatic heterocycles. The number of aryl methyl sites for hydroxylation is 1. The predicted molar refractivity (Wildman–Crippen MR) is 71.3 cm³/mol. The minimum Gasteiger partial charge on any atom is -0.327 e. The van der Waals surface area contributed by atoms with Gasteiger partial charge in [0, 0.05) is 38.9 Å². The summed E-state index contributed by atoms with van der Waals surface area (Å²) in [6.45, 7) is 8.42. The largest absolute Gasteiger partial charge is 0.327 e. The van der Waals surface area contributed by atoms with Crippen molar-refractivity contribution in [2.24, 2.45) is 0 Å². The molecule has 96 valence electrons. The average Bonchev–Trinajstić information content (AvgIpc) is 2.77. The SMILES string of the molecule is CCn1c(CN2CCNCC2)nc2cnccc21. The molecule has 0 spiro atoms. The minimum absolute atomic E-state index is 0.935. The molecule has 0 atom stereocenters. The van der Waals surface area contributed by atoms with E-state index in [0.29, 0.717) is 0 Å². The van der Waals surface area contributed by atoms with Crippen molar-refractivity contribution in [3.05, 3.63) is 24.3 Å². The molecular formula is C13H19N5. The molecule has 3 heterocycles. The van der Waals surface area contributed by atoms with E-state index in [1.54, 1.807) is 0 Å². The first-order chi connectivity index (χ1) is 8.88. The van der Waals surface area contributed by atoms with Crippen LogP contribution in [0, 0.1) is 0 Å². The van der Waals surface area contributed by atoms with Gasteiger partial charge in [0.2, 0.25) is 0 Å². The number of hydrogen-bond acceptors (Lipinski definition) is 4. The lowest BCUT2D eigenvalue weighted by atomic mass is 10.3. The standard InChI is InChI=1S/C13H19N5/c1-2-18-12-3-4-15-9-11(12)16-13(18)10-17-7-5-14-6-8-17/h3-4,9,14H,2,5-8,10H2,1H3. The molecule has 5 heteroatoms. The molecule has 1 aliphatic rings. The van der Waals surface area contributed by atoms with E-state index < -0.39 is 0 Å². The van der Waals surface area contributed by atoms with E-state index in [9.17, 15) is 0 Å². The number of aromatic nitrogens is 3. The van der Waals surface area contributed by atoms with E-state index in [4.69, 9.17) is 4.98 Å². The van der Waals surface area contributed by atoms with Crippen LogP contribution < -0.4 is 5.32 Å². The number of fused-ring (bicyclic) bond motifs is 1. The molecule has 0 bridgehead atoms. The van der Waals surface area contributed by atoms with E-state index in [1.165, 1.54) is 5.52 Å². The fourth-order valence-electron chi connectivity index (χ4n) is 2.57. The third-order valence-corrected chi connectivity index (χ3v) is 3.52. The second-order valence-electron chi connectivity index (χ2n) is 4.66. The molecule has 0 saturated carbocycles. The van der Waals surface area contributed by atoms with Crippen LogP contribution in [0.15, 0.2) is 18.5 Å². The van der Waals surface area contributed by atoms with E-state index in [2.05, 4.69) is 26.7 Å². The Balaban J connectivity index is 1.90. The summed E-state index contributed by atoms with van der Waals surface area (Å²) in [5.74, 6) is 1.16. The van der Waals surface area contributed by atoms with Gasteiger partial charge in [-0.25, -0.2) is 4.98 Å². The topological polar surface area (TPSA) is 46.0 Å². The summed E-state index contributed by atoms with van der Waals surface area (Å²) in [6, 6.07) is 2.05. The molecule has 18 heavy (non-hydrogen) atoms. The van der Waals surface area contributed by atoms with Crippen molar-refractivity contribution in [1.29, 1.82) is 0 Å². The van der Waals surface area contributed by atoms with Crippen LogP contribution in [0.25, 0.3) is 11.0 Å². The van der Waals surface area contributed by atoms with Gasteiger partial charge in [-0.15, -0.1) is 0 Å². The summed E-state index contributed by atoms with van der Waals surface area (Å²) >= 11 is 0. The molecule has 5 nitrogen and oxygen atoms in total. The number of imidazole rings is 1. The van der Waals surface area contributed by atoms with Crippen molar-refractivity contribution >= 4 is 11.0 Å². The fraction of sp³-hybridized carbons (Fsp3) is 0.538. The van der Waals surface area contributed by atoms with Gasteiger partial charge in [-0.3, -0.25) is 9.88 Å². The van der Waals surface area contributed by atoms with E-state index in [0.717, 1.165) is 50.6 Å². The zero-order valence-corrected chi connectivity index (χ0v) is 10.8. The highest BCUT2D eigenvalue weighted by Crippen LogP contribution is 2.16. The molecule has 1 fully saturated rings. The maximum Gasteiger partial charge on any atom is 0.124 e. The molecule has 0 radical (unpaired) electrons. The van der Waals surface area contributed by atoms with Crippen molar-refractivity contribution in [3.8, 4) is 0 Å². The van der Waals surface area contributed by atoms with Crippen LogP contribution in [-0.4, -0.2) is 45.6 Å². The van der Waals surface area contributed by atoms with Gasteiger partial charge in [0.25, 0.3) is 0 Å². The van der Waals surface area contributed by atoms with Crippen molar-refractivity contribution in [1.82, 2.24) is 24.8 Å². The average molecular weight is 245 g/mol. The molecule has 1 saturated heterocycles. The molecule has 0 amide bonds. The number of piperazine rings is 1. The van der Waals surface area contributed by atoms with Gasteiger partial charge in [-0.1, -0.05) is 0 Å². The maximum absolute atomic E-state index is 4.72. The Morgan fingerprint density at radius 3 is 2.94 bits per heavy atom. The van der Waals surface area contributed by atoms with Crippen LogP contribution in [-0.2, 0) is 13.1 Å². The normalized spacial score (nSPS) is 17.4. The summed E-state index contributed by atoms with van der Waals surface area (Å²) in [7, 11) is 0. The first-order valence-corrected chi connectivity index (χ1v) is 6.60. The van der Waals surface area contributed by atoms with E-state index in [1.807, 2.05) is 18.5 Å². The first kappa shape index (κ1) is 11.6. The Morgan fingerprint density at radius 1 is 1.33 bits per heavy atom. The third-order valence-electron chi connectivity index (χ3n) is 3.52. The van der Waals surface area contributed by atoms with Crippen LogP contribution in [0.1, 0.15) is 12.7 Å². The van der Waals surface area contributed by atoms with E-state index in [-0.39, 0.29) is 0 Å². The lowest BCUT2D eigenvalue weighted by Gasteiger charge is -2.26. The van der Waals surface area contributed by atoms with Crippen LogP contribution in [0.5, 0.6) is 0 Å². The van der Waals surface area contributed by atoms with E-state index >= 15 is 0 Å². The Bertz CT molecular complexity index is 527. The lowest BCUT2D eigenvalue weighted by molar-refractivity contribution is 0.225. The maximum atomic E-state index is 4.72. The molecule has 0 aliphatic carbocycles. The molecule has 0 aromatic carbocycles. The zero-order chi connectivity index (χ0) is 12.4. The van der Waals surface area contributed by atoms with Gasteiger partial charge >= 0.3 is 0 Å². The second kappa shape index (κ2) is 5.04. The van der Waals surface area contributed by atoms with Crippen molar-refractivity contribution < 1.29 is 0 Å². The van der Waals surface area contributed by atoms with Crippen LogP contribution in [0.3, 0.4) is 0 Å². The fourth-order valence-corrected chi connectivity index (χ4v) is 2.57. The number of nitrogens with one attached hydrogen (secondary N) is 1. The molecule has 3 rings (SSSR count). The van der Waals surface area contributed by atoms with Crippen LogP contribution >= 0.6 is 0 Å². The summed E-state index contributed by atoms with van der Waals surface area (Å²) in [5.41, 5.74) is 2.20. The van der Waals surface area contributed by atoms with Gasteiger partial charge in [0.15, 0.2) is 0 Å². The second-order valence-corrected chi connectivity index (χ2v) is 4.66.